The number of methoxy groups -OCH3 is 1. The number of nitrogens with one attached hydrogen (secondary N) is 1. The molecule has 2 aromatic carbocycles. The average molecular weight is 397 g/mol. The highest BCUT2D eigenvalue weighted by molar-refractivity contribution is 5.85. The molecule has 0 fully saturated rings. The van der Waals surface area contributed by atoms with E-state index in [4.69, 9.17) is 14.2 Å². The lowest BCUT2D eigenvalue weighted by Gasteiger charge is -2.23. The predicted molar refractivity (Wildman–Crippen MR) is 110 cm³/mol. The number of hydrogen-bond donors (Lipinski definition) is 1. The Labute approximate surface area is 171 Å². The van der Waals surface area contributed by atoms with Crippen LogP contribution in [0.1, 0.15) is 38.3 Å². The molecule has 6 nitrogen and oxygen atoms in total. The molecule has 0 heterocycles. The minimum Gasteiger partial charge on any atom is -0.469 e. The first-order valence-electron chi connectivity index (χ1n) is 9.71. The van der Waals surface area contributed by atoms with Gasteiger partial charge in [-0.15, -0.1) is 0 Å². The van der Waals surface area contributed by atoms with E-state index in [1.54, 1.807) is 18.2 Å². The second-order valence-electron chi connectivity index (χ2n) is 8.15. The molecule has 0 saturated carbocycles. The molecule has 1 unspecified atom stereocenters. The zero-order valence-corrected chi connectivity index (χ0v) is 17.3. The maximum absolute atomic E-state index is 12.0. The number of rotatable bonds is 4. The van der Waals surface area contributed by atoms with E-state index in [1.165, 1.54) is 12.7 Å². The maximum Gasteiger partial charge on any atom is 0.412 e. The minimum absolute atomic E-state index is 0.107. The van der Waals surface area contributed by atoms with Crippen molar-refractivity contribution in [2.75, 3.05) is 12.4 Å². The summed E-state index contributed by atoms with van der Waals surface area (Å²) in [6.45, 7) is 5.44. The van der Waals surface area contributed by atoms with E-state index in [0.29, 0.717) is 23.6 Å². The largest absolute Gasteiger partial charge is 0.469 e. The molecule has 6 heteroatoms. The third-order valence-electron chi connectivity index (χ3n) is 4.66. The Hall–Kier alpha value is -3.02. The van der Waals surface area contributed by atoms with Crippen molar-refractivity contribution in [2.45, 2.75) is 45.6 Å². The lowest BCUT2D eigenvalue weighted by molar-refractivity contribution is -0.145. The number of ether oxygens (including phenoxy) is 3. The normalized spacial score (nSPS) is 15.8. The highest BCUT2D eigenvalue weighted by Gasteiger charge is 2.25. The minimum atomic E-state index is -0.566. The van der Waals surface area contributed by atoms with Crippen LogP contribution < -0.4 is 10.1 Å². The molecule has 1 aliphatic carbocycles. The van der Waals surface area contributed by atoms with Crippen LogP contribution in [0, 0.1) is 5.92 Å². The number of fused-ring (bicyclic) bond motifs is 1. The van der Waals surface area contributed by atoms with Crippen LogP contribution in [0.5, 0.6) is 11.5 Å². The zero-order valence-electron chi connectivity index (χ0n) is 17.3. The van der Waals surface area contributed by atoms with Crippen LogP contribution in [-0.2, 0) is 27.1 Å². The Morgan fingerprint density at radius 1 is 1.03 bits per heavy atom. The summed E-state index contributed by atoms with van der Waals surface area (Å²) >= 11 is 0. The molecule has 1 amide bonds. The van der Waals surface area contributed by atoms with E-state index < -0.39 is 11.7 Å². The second-order valence-corrected chi connectivity index (χ2v) is 8.15. The van der Waals surface area contributed by atoms with Gasteiger partial charge in [0.1, 0.15) is 17.1 Å². The quantitative estimate of drug-likeness (QED) is 0.726. The van der Waals surface area contributed by atoms with Crippen LogP contribution in [0.3, 0.4) is 0 Å². The van der Waals surface area contributed by atoms with Crippen LogP contribution in [0.4, 0.5) is 10.5 Å². The zero-order chi connectivity index (χ0) is 21.0. The first kappa shape index (κ1) is 20.7. The van der Waals surface area contributed by atoms with Crippen LogP contribution >= 0.6 is 0 Å². The molecule has 0 aliphatic heterocycles. The van der Waals surface area contributed by atoms with Gasteiger partial charge < -0.3 is 14.2 Å². The van der Waals surface area contributed by atoms with Gasteiger partial charge in [0, 0.05) is 11.8 Å². The van der Waals surface area contributed by atoms with Gasteiger partial charge in [0.2, 0.25) is 0 Å². The summed E-state index contributed by atoms with van der Waals surface area (Å²) in [5.74, 6) is 1.01. The molecule has 29 heavy (non-hydrogen) atoms. The van der Waals surface area contributed by atoms with Crippen molar-refractivity contribution in [1.29, 1.82) is 0 Å². The summed E-state index contributed by atoms with van der Waals surface area (Å²) in [4.78, 5) is 23.8. The SMILES string of the molecule is COC(=O)C1CCc2ccc(Oc3cccc(NC(=O)OC(C)(C)C)c3)cc2C1. The number of carbonyl (C=O) groups excluding carboxylic acids is 2. The molecule has 1 aliphatic rings. The molecule has 0 spiro atoms. The molecule has 154 valence electrons. The summed E-state index contributed by atoms with van der Waals surface area (Å²) in [5, 5.41) is 2.71. The fourth-order valence-electron chi connectivity index (χ4n) is 3.36. The van der Waals surface area contributed by atoms with E-state index in [1.807, 2.05) is 45.0 Å². The van der Waals surface area contributed by atoms with Crippen molar-refractivity contribution >= 4 is 17.7 Å². The standard InChI is InChI=1S/C23H27NO5/c1-23(2,3)29-22(26)24-18-6-5-7-19(14-18)28-20-11-10-15-8-9-16(21(25)27-4)12-17(15)13-20/h5-7,10-11,13-14,16H,8-9,12H2,1-4H3,(H,24,26). The van der Waals surface area contributed by atoms with Gasteiger partial charge in [0.05, 0.1) is 13.0 Å². The van der Waals surface area contributed by atoms with E-state index in [-0.39, 0.29) is 11.9 Å². The van der Waals surface area contributed by atoms with Crippen LogP contribution in [0.2, 0.25) is 0 Å². The van der Waals surface area contributed by atoms with Gasteiger partial charge in [-0.05, 0) is 75.4 Å². The fourth-order valence-corrected chi connectivity index (χ4v) is 3.36. The monoisotopic (exact) mass is 397 g/mol. The molecule has 1 N–H and O–H groups in total. The predicted octanol–water partition coefficient (Wildman–Crippen LogP) is 5.10. The van der Waals surface area contributed by atoms with Gasteiger partial charge >= 0.3 is 12.1 Å². The second kappa shape index (κ2) is 8.55. The number of esters is 1. The Morgan fingerprint density at radius 3 is 2.52 bits per heavy atom. The molecule has 1 atom stereocenters. The van der Waals surface area contributed by atoms with Crippen LogP contribution in [0.25, 0.3) is 0 Å². The molecular formula is C23H27NO5. The van der Waals surface area contributed by atoms with Gasteiger partial charge in [-0.1, -0.05) is 12.1 Å². The Morgan fingerprint density at radius 2 is 1.79 bits per heavy atom. The number of carbonyl (C=O) groups is 2. The molecule has 0 saturated heterocycles. The molecule has 3 rings (SSSR count). The van der Waals surface area contributed by atoms with Crippen molar-refractivity contribution in [3.63, 3.8) is 0 Å². The summed E-state index contributed by atoms with van der Waals surface area (Å²) in [6, 6.07) is 13.1. The maximum atomic E-state index is 12.0. The lowest BCUT2D eigenvalue weighted by Crippen LogP contribution is -2.27. The van der Waals surface area contributed by atoms with Gasteiger partial charge in [0.25, 0.3) is 0 Å². The number of benzene rings is 2. The van der Waals surface area contributed by atoms with E-state index >= 15 is 0 Å². The van der Waals surface area contributed by atoms with Crippen LogP contribution in [0.15, 0.2) is 42.5 Å². The highest BCUT2D eigenvalue weighted by Crippen LogP contribution is 2.31. The highest BCUT2D eigenvalue weighted by atomic mass is 16.6. The Bertz CT molecular complexity index is 900. The summed E-state index contributed by atoms with van der Waals surface area (Å²) < 4.78 is 16.1. The van der Waals surface area contributed by atoms with E-state index in [9.17, 15) is 9.59 Å². The van der Waals surface area contributed by atoms with Crippen molar-refractivity contribution in [3.05, 3.63) is 53.6 Å². The Balaban J connectivity index is 1.69. The van der Waals surface area contributed by atoms with Crippen LogP contribution in [-0.4, -0.2) is 24.8 Å². The number of hydrogen-bond acceptors (Lipinski definition) is 5. The molecular weight excluding hydrogens is 370 g/mol. The van der Waals surface area contributed by atoms with Crippen molar-refractivity contribution in [1.82, 2.24) is 0 Å². The van der Waals surface area contributed by atoms with E-state index in [0.717, 1.165) is 18.4 Å². The summed E-state index contributed by atoms with van der Waals surface area (Å²) in [6.07, 6.45) is 1.79. The van der Waals surface area contributed by atoms with Gasteiger partial charge in [-0.3, -0.25) is 10.1 Å². The topological polar surface area (TPSA) is 73.9 Å². The summed E-state index contributed by atoms with van der Waals surface area (Å²) in [7, 11) is 1.43. The smallest absolute Gasteiger partial charge is 0.412 e. The molecule has 0 radical (unpaired) electrons. The molecule has 2 aromatic rings. The number of aryl methyl sites for hydroxylation is 1. The first-order chi connectivity index (χ1) is 13.7. The van der Waals surface area contributed by atoms with Gasteiger partial charge in [-0.2, -0.15) is 0 Å². The van der Waals surface area contributed by atoms with Crippen molar-refractivity contribution in [2.24, 2.45) is 5.92 Å². The molecule has 0 bridgehead atoms. The average Bonchev–Trinajstić information content (AvgIpc) is 2.65. The third kappa shape index (κ3) is 5.73. The Kier molecular flexibility index (Phi) is 6.11. The summed E-state index contributed by atoms with van der Waals surface area (Å²) in [5.41, 5.74) is 2.36. The third-order valence-corrected chi connectivity index (χ3v) is 4.66. The van der Waals surface area contributed by atoms with Crippen molar-refractivity contribution in [3.8, 4) is 11.5 Å². The number of amides is 1. The first-order valence-corrected chi connectivity index (χ1v) is 9.71. The van der Waals surface area contributed by atoms with Gasteiger partial charge in [0.15, 0.2) is 0 Å². The van der Waals surface area contributed by atoms with Crippen molar-refractivity contribution < 1.29 is 23.8 Å². The van der Waals surface area contributed by atoms with Gasteiger partial charge in [-0.25, -0.2) is 4.79 Å². The van der Waals surface area contributed by atoms with E-state index in [2.05, 4.69) is 5.32 Å². The molecule has 0 aromatic heterocycles. The lowest BCUT2D eigenvalue weighted by atomic mass is 9.84. The number of anilines is 1. The fraction of sp³-hybridized carbons (Fsp3) is 0.391.